The highest BCUT2D eigenvalue weighted by molar-refractivity contribution is 6.31. The lowest BCUT2D eigenvalue weighted by atomic mass is 10.0. The highest BCUT2D eigenvalue weighted by Crippen LogP contribution is 2.33. The SMILES string of the molecule is O=C(O)C(c1ccc(F)cc1Cl)N1CCOc2ccc(F)cc2C1. The van der Waals surface area contributed by atoms with E-state index in [4.69, 9.17) is 16.3 Å². The zero-order chi connectivity index (χ0) is 17.3. The Balaban J connectivity index is 1.98. The molecule has 0 spiro atoms. The molecule has 0 radical (unpaired) electrons. The average molecular weight is 354 g/mol. The van der Waals surface area contributed by atoms with Crippen LogP contribution in [-0.4, -0.2) is 29.1 Å². The van der Waals surface area contributed by atoms with Gasteiger partial charge in [0.05, 0.1) is 0 Å². The third kappa shape index (κ3) is 3.34. The van der Waals surface area contributed by atoms with Crippen LogP contribution in [-0.2, 0) is 11.3 Å². The van der Waals surface area contributed by atoms with Gasteiger partial charge in [-0.2, -0.15) is 0 Å². The summed E-state index contributed by atoms with van der Waals surface area (Å²) in [5.41, 5.74) is 0.836. The summed E-state index contributed by atoms with van der Waals surface area (Å²) in [7, 11) is 0. The van der Waals surface area contributed by atoms with Crippen molar-refractivity contribution >= 4 is 17.6 Å². The Morgan fingerprint density at radius 1 is 1.21 bits per heavy atom. The van der Waals surface area contributed by atoms with Crippen LogP contribution in [0.1, 0.15) is 17.2 Å². The van der Waals surface area contributed by atoms with Gasteiger partial charge < -0.3 is 9.84 Å². The molecule has 7 heteroatoms. The first kappa shape index (κ1) is 16.7. The van der Waals surface area contributed by atoms with Gasteiger partial charge in [-0.25, -0.2) is 8.78 Å². The van der Waals surface area contributed by atoms with E-state index in [1.54, 1.807) is 4.90 Å². The van der Waals surface area contributed by atoms with E-state index in [9.17, 15) is 18.7 Å². The molecule has 1 aliphatic heterocycles. The topological polar surface area (TPSA) is 49.8 Å². The van der Waals surface area contributed by atoms with Gasteiger partial charge in [-0.3, -0.25) is 9.69 Å². The maximum atomic E-state index is 13.5. The van der Waals surface area contributed by atoms with Gasteiger partial charge >= 0.3 is 5.97 Å². The zero-order valence-corrected chi connectivity index (χ0v) is 13.3. The molecule has 0 saturated heterocycles. The lowest BCUT2D eigenvalue weighted by Crippen LogP contribution is -2.35. The van der Waals surface area contributed by atoms with Crippen molar-refractivity contribution in [2.75, 3.05) is 13.2 Å². The molecule has 0 fully saturated rings. The van der Waals surface area contributed by atoms with E-state index >= 15 is 0 Å². The molecule has 1 atom stereocenters. The highest BCUT2D eigenvalue weighted by Gasteiger charge is 2.31. The van der Waals surface area contributed by atoms with Crippen molar-refractivity contribution in [3.05, 3.63) is 64.2 Å². The second-order valence-corrected chi connectivity index (χ2v) is 5.88. The fraction of sp³-hybridized carbons (Fsp3) is 0.235. The number of halogens is 3. The number of benzene rings is 2. The summed E-state index contributed by atoms with van der Waals surface area (Å²) >= 11 is 6.03. The molecule has 24 heavy (non-hydrogen) atoms. The van der Waals surface area contributed by atoms with Crippen molar-refractivity contribution in [3.63, 3.8) is 0 Å². The third-order valence-corrected chi connectivity index (χ3v) is 4.22. The summed E-state index contributed by atoms with van der Waals surface area (Å²) < 4.78 is 32.3. The largest absolute Gasteiger partial charge is 0.492 e. The van der Waals surface area contributed by atoms with Crippen LogP contribution in [0.15, 0.2) is 36.4 Å². The molecule has 4 nitrogen and oxygen atoms in total. The first-order valence-corrected chi connectivity index (χ1v) is 7.66. The van der Waals surface area contributed by atoms with E-state index in [0.29, 0.717) is 17.9 Å². The Kier molecular flexibility index (Phi) is 4.69. The summed E-state index contributed by atoms with van der Waals surface area (Å²) in [5, 5.41) is 9.69. The Morgan fingerprint density at radius 3 is 2.62 bits per heavy atom. The molecule has 0 bridgehead atoms. The first-order chi connectivity index (χ1) is 11.5. The number of fused-ring (bicyclic) bond motifs is 1. The number of hydrogen-bond acceptors (Lipinski definition) is 3. The minimum atomic E-state index is -1.12. The Hall–Kier alpha value is -2.18. The van der Waals surface area contributed by atoms with Crippen molar-refractivity contribution in [2.45, 2.75) is 12.6 Å². The molecule has 0 saturated carbocycles. The van der Waals surface area contributed by atoms with Crippen LogP contribution in [0.25, 0.3) is 0 Å². The summed E-state index contributed by atoms with van der Waals surface area (Å²) in [6.45, 7) is 0.736. The van der Waals surface area contributed by atoms with Crippen LogP contribution in [0.2, 0.25) is 5.02 Å². The summed E-state index contributed by atoms with van der Waals surface area (Å²) in [6, 6.07) is 6.65. The molecule has 3 rings (SSSR count). The molecule has 0 aromatic heterocycles. The van der Waals surface area contributed by atoms with Gasteiger partial charge in [0.25, 0.3) is 0 Å². The quantitative estimate of drug-likeness (QED) is 0.915. The lowest BCUT2D eigenvalue weighted by Gasteiger charge is -2.27. The van der Waals surface area contributed by atoms with Crippen LogP contribution in [0.5, 0.6) is 5.75 Å². The normalized spacial score (nSPS) is 16.0. The fourth-order valence-corrected chi connectivity index (χ4v) is 3.08. The van der Waals surface area contributed by atoms with Gasteiger partial charge in [0.2, 0.25) is 0 Å². The van der Waals surface area contributed by atoms with Crippen LogP contribution >= 0.6 is 11.6 Å². The van der Waals surface area contributed by atoms with E-state index in [2.05, 4.69) is 0 Å². The number of carbonyl (C=O) groups is 1. The molecule has 2 aromatic rings. The molecule has 2 aromatic carbocycles. The van der Waals surface area contributed by atoms with Gasteiger partial charge in [0.1, 0.15) is 30.0 Å². The van der Waals surface area contributed by atoms with Gasteiger partial charge in [0, 0.05) is 23.7 Å². The molecule has 1 unspecified atom stereocenters. The van der Waals surface area contributed by atoms with Gasteiger partial charge in [-0.05, 0) is 35.9 Å². The van der Waals surface area contributed by atoms with E-state index in [-0.39, 0.29) is 23.7 Å². The van der Waals surface area contributed by atoms with E-state index in [1.165, 1.54) is 30.3 Å². The molecule has 0 amide bonds. The smallest absolute Gasteiger partial charge is 0.325 e. The summed E-state index contributed by atoms with van der Waals surface area (Å²) in [5.74, 6) is -1.57. The molecule has 0 aliphatic carbocycles. The van der Waals surface area contributed by atoms with Gasteiger partial charge in [-0.15, -0.1) is 0 Å². The molecule has 1 aliphatic rings. The molecular formula is C17H14ClF2NO3. The number of hydrogen-bond donors (Lipinski definition) is 1. The van der Waals surface area contributed by atoms with E-state index in [0.717, 1.165) is 6.07 Å². The Bertz CT molecular complexity index is 784. The first-order valence-electron chi connectivity index (χ1n) is 7.29. The van der Waals surface area contributed by atoms with Crippen LogP contribution in [0.4, 0.5) is 8.78 Å². The van der Waals surface area contributed by atoms with Crippen LogP contribution < -0.4 is 4.74 Å². The molecule has 126 valence electrons. The zero-order valence-electron chi connectivity index (χ0n) is 12.5. The predicted molar refractivity (Wildman–Crippen MR) is 84.1 cm³/mol. The maximum Gasteiger partial charge on any atom is 0.325 e. The Morgan fingerprint density at radius 2 is 1.92 bits per heavy atom. The van der Waals surface area contributed by atoms with Crippen molar-refractivity contribution in [2.24, 2.45) is 0 Å². The van der Waals surface area contributed by atoms with E-state index < -0.39 is 23.6 Å². The van der Waals surface area contributed by atoms with Crippen molar-refractivity contribution < 1.29 is 23.4 Å². The standard InChI is InChI=1S/C17H14ClF2NO3/c18-14-8-12(20)1-3-13(14)16(17(22)23)21-5-6-24-15-4-2-11(19)7-10(15)9-21/h1-4,7-8,16H,5-6,9H2,(H,22,23). The van der Waals surface area contributed by atoms with E-state index in [1.807, 2.05) is 0 Å². The van der Waals surface area contributed by atoms with Gasteiger partial charge in [-0.1, -0.05) is 17.7 Å². The number of aliphatic carboxylic acids is 1. The molecule has 1 heterocycles. The maximum absolute atomic E-state index is 13.5. The number of ether oxygens (including phenoxy) is 1. The second-order valence-electron chi connectivity index (χ2n) is 5.48. The minimum absolute atomic E-state index is 0.0343. The fourth-order valence-electron chi connectivity index (χ4n) is 2.81. The monoisotopic (exact) mass is 353 g/mol. The number of nitrogens with zero attached hydrogens (tertiary/aromatic N) is 1. The lowest BCUT2D eigenvalue weighted by molar-refractivity contribution is -0.144. The minimum Gasteiger partial charge on any atom is -0.492 e. The molecular weight excluding hydrogens is 340 g/mol. The number of carboxylic acid groups (broad SMARTS) is 1. The summed E-state index contributed by atoms with van der Waals surface area (Å²) in [6.07, 6.45) is 0. The average Bonchev–Trinajstić information content (AvgIpc) is 2.71. The summed E-state index contributed by atoms with van der Waals surface area (Å²) in [4.78, 5) is 13.4. The van der Waals surface area contributed by atoms with Crippen molar-refractivity contribution in [1.82, 2.24) is 4.90 Å². The Labute approximate surface area is 142 Å². The van der Waals surface area contributed by atoms with Crippen molar-refractivity contribution in [1.29, 1.82) is 0 Å². The van der Waals surface area contributed by atoms with Crippen LogP contribution in [0.3, 0.4) is 0 Å². The van der Waals surface area contributed by atoms with Gasteiger partial charge in [0.15, 0.2) is 0 Å². The highest BCUT2D eigenvalue weighted by atomic mass is 35.5. The number of rotatable bonds is 3. The number of carboxylic acids is 1. The predicted octanol–water partition coefficient (Wildman–Crippen LogP) is 3.64. The van der Waals surface area contributed by atoms with Crippen LogP contribution in [0, 0.1) is 11.6 Å². The van der Waals surface area contributed by atoms with Crippen molar-refractivity contribution in [3.8, 4) is 5.75 Å². The molecule has 1 N–H and O–H groups in total. The third-order valence-electron chi connectivity index (χ3n) is 3.89. The second kappa shape index (κ2) is 6.75.